The number of Topliss-reactive ketones (excluding diaryl/α,β-unsaturated/α-hetero) is 2. The molecule has 0 amide bonds. The van der Waals surface area contributed by atoms with Gasteiger partial charge in [-0.15, -0.1) is 0 Å². The summed E-state index contributed by atoms with van der Waals surface area (Å²) >= 11 is 0. The van der Waals surface area contributed by atoms with Crippen LogP contribution in [-0.2, 0) is 9.59 Å². The van der Waals surface area contributed by atoms with Crippen molar-refractivity contribution in [2.75, 3.05) is 0 Å². The molecule has 0 aromatic heterocycles. The van der Waals surface area contributed by atoms with Crippen molar-refractivity contribution >= 4 is 11.6 Å². The minimum atomic E-state index is -1.50. The van der Waals surface area contributed by atoms with E-state index in [9.17, 15) is 19.8 Å². The van der Waals surface area contributed by atoms with Crippen molar-refractivity contribution in [2.45, 2.75) is 60.2 Å². The first-order valence-electron chi connectivity index (χ1n) is 5.79. The van der Waals surface area contributed by atoms with Gasteiger partial charge < -0.3 is 10.2 Å². The smallest absolute Gasteiger partial charge is 0.171 e. The Morgan fingerprint density at radius 2 is 1.41 bits per heavy atom. The lowest BCUT2D eigenvalue weighted by Crippen LogP contribution is -2.43. The summed E-state index contributed by atoms with van der Waals surface area (Å²) in [4.78, 5) is 23.3. The predicted octanol–water partition coefficient (Wildman–Crippen LogP) is 1.33. The minimum Gasteiger partial charge on any atom is -0.389 e. The number of rotatable bonds is 4. The molecule has 0 aliphatic heterocycles. The van der Waals surface area contributed by atoms with Gasteiger partial charge in [0.25, 0.3) is 0 Å². The molecule has 100 valence electrons. The Kier molecular flexibility index (Phi) is 5.04. The molecule has 0 heterocycles. The van der Waals surface area contributed by atoms with Gasteiger partial charge in [-0.1, -0.05) is 41.5 Å². The van der Waals surface area contributed by atoms with Gasteiger partial charge in [-0.2, -0.15) is 0 Å². The van der Waals surface area contributed by atoms with Gasteiger partial charge in [0.2, 0.25) is 0 Å². The number of aliphatic hydroxyl groups excluding tert-OH is 2. The van der Waals surface area contributed by atoms with Crippen molar-refractivity contribution in [3.8, 4) is 0 Å². The Morgan fingerprint density at radius 1 is 1.00 bits per heavy atom. The molecule has 0 aliphatic rings. The van der Waals surface area contributed by atoms with Gasteiger partial charge in [0.15, 0.2) is 5.78 Å². The first-order valence-corrected chi connectivity index (χ1v) is 5.79. The second-order valence-electron chi connectivity index (χ2n) is 6.57. The zero-order chi connectivity index (χ0) is 14.0. The van der Waals surface area contributed by atoms with E-state index >= 15 is 0 Å². The van der Waals surface area contributed by atoms with Gasteiger partial charge in [0.1, 0.15) is 11.9 Å². The maximum Gasteiger partial charge on any atom is 0.171 e. The highest BCUT2D eigenvalue weighted by atomic mass is 16.3. The van der Waals surface area contributed by atoms with Gasteiger partial charge in [0.05, 0.1) is 12.5 Å². The zero-order valence-electron chi connectivity index (χ0n) is 11.6. The number of carbonyl (C=O) groups excluding carboxylic acids is 2. The van der Waals surface area contributed by atoms with Gasteiger partial charge in [-0.3, -0.25) is 9.59 Å². The van der Waals surface area contributed by atoms with E-state index in [1.54, 1.807) is 41.5 Å². The van der Waals surface area contributed by atoms with E-state index in [0.717, 1.165) is 0 Å². The highest BCUT2D eigenvalue weighted by molar-refractivity contribution is 6.03. The fraction of sp³-hybridized carbons (Fsp3) is 0.846. The molecule has 0 fully saturated rings. The molecule has 0 saturated heterocycles. The Bertz CT molecular complexity index is 294. The molecule has 0 aromatic rings. The lowest BCUT2D eigenvalue weighted by atomic mass is 9.82. The van der Waals surface area contributed by atoms with E-state index in [1.807, 2.05) is 0 Å². The maximum atomic E-state index is 11.7. The van der Waals surface area contributed by atoms with Gasteiger partial charge in [-0.05, 0) is 5.41 Å². The van der Waals surface area contributed by atoms with Crippen LogP contribution < -0.4 is 0 Å². The van der Waals surface area contributed by atoms with E-state index in [4.69, 9.17) is 0 Å². The number of carbonyl (C=O) groups is 2. The van der Waals surface area contributed by atoms with Crippen LogP contribution in [0.4, 0.5) is 0 Å². The molecule has 2 N–H and O–H groups in total. The Labute approximate surface area is 103 Å². The van der Waals surface area contributed by atoms with Crippen molar-refractivity contribution in [1.82, 2.24) is 0 Å². The molecule has 2 unspecified atom stereocenters. The third-order valence-corrected chi connectivity index (χ3v) is 2.69. The summed E-state index contributed by atoms with van der Waals surface area (Å²) in [7, 11) is 0. The number of hydrogen-bond acceptors (Lipinski definition) is 4. The molecule has 4 nitrogen and oxygen atoms in total. The fourth-order valence-electron chi connectivity index (χ4n) is 1.18. The minimum absolute atomic E-state index is 0.234. The van der Waals surface area contributed by atoms with E-state index in [0.29, 0.717) is 0 Å². The second kappa shape index (κ2) is 5.27. The number of hydrogen-bond donors (Lipinski definition) is 2. The molecule has 0 bridgehead atoms. The van der Waals surface area contributed by atoms with Crippen LogP contribution in [0.3, 0.4) is 0 Å². The van der Waals surface area contributed by atoms with Crippen LogP contribution in [-0.4, -0.2) is 34.0 Å². The molecule has 0 aliphatic carbocycles. The average molecular weight is 244 g/mol. The molecule has 0 radical (unpaired) electrons. The molecule has 0 spiro atoms. The zero-order valence-corrected chi connectivity index (χ0v) is 11.6. The highest BCUT2D eigenvalue weighted by Crippen LogP contribution is 2.24. The van der Waals surface area contributed by atoms with Crippen LogP contribution in [0.25, 0.3) is 0 Å². The Hall–Kier alpha value is -0.740. The number of aliphatic hydroxyl groups is 2. The van der Waals surface area contributed by atoms with Crippen molar-refractivity contribution < 1.29 is 19.8 Å². The summed E-state index contributed by atoms with van der Waals surface area (Å²) in [5.41, 5.74) is -1.21. The van der Waals surface area contributed by atoms with Gasteiger partial charge in [-0.25, -0.2) is 0 Å². The van der Waals surface area contributed by atoms with E-state index in [1.165, 1.54) is 0 Å². The second-order valence-corrected chi connectivity index (χ2v) is 6.57. The molecule has 2 atom stereocenters. The third kappa shape index (κ3) is 4.96. The highest BCUT2D eigenvalue weighted by Gasteiger charge is 2.35. The van der Waals surface area contributed by atoms with E-state index < -0.39 is 28.8 Å². The summed E-state index contributed by atoms with van der Waals surface area (Å²) in [6, 6.07) is 0. The van der Waals surface area contributed by atoms with Crippen LogP contribution in [0.5, 0.6) is 0 Å². The molecule has 4 heteroatoms. The first-order chi connectivity index (χ1) is 7.37. The molecule has 0 saturated carbocycles. The largest absolute Gasteiger partial charge is 0.389 e. The predicted molar refractivity (Wildman–Crippen MR) is 65.6 cm³/mol. The summed E-state index contributed by atoms with van der Waals surface area (Å²) < 4.78 is 0. The molecular formula is C13H24O4. The molecule has 17 heavy (non-hydrogen) atoms. The van der Waals surface area contributed by atoms with Gasteiger partial charge >= 0.3 is 0 Å². The molecular weight excluding hydrogens is 220 g/mol. The van der Waals surface area contributed by atoms with Crippen LogP contribution >= 0.6 is 0 Å². The molecule has 0 rings (SSSR count). The van der Waals surface area contributed by atoms with Crippen LogP contribution in [0.2, 0.25) is 0 Å². The summed E-state index contributed by atoms with van der Waals surface area (Å²) in [6.07, 6.45) is -3.00. The van der Waals surface area contributed by atoms with E-state index in [2.05, 4.69) is 0 Å². The topological polar surface area (TPSA) is 74.6 Å². The van der Waals surface area contributed by atoms with Crippen molar-refractivity contribution in [3.05, 3.63) is 0 Å². The maximum absolute atomic E-state index is 11.7. The van der Waals surface area contributed by atoms with Gasteiger partial charge in [0, 0.05) is 5.41 Å². The fourth-order valence-corrected chi connectivity index (χ4v) is 1.18. The van der Waals surface area contributed by atoms with Crippen molar-refractivity contribution in [2.24, 2.45) is 10.8 Å². The average Bonchev–Trinajstić information content (AvgIpc) is 2.12. The van der Waals surface area contributed by atoms with Crippen molar-refractivity contribution in [1.29, 1.82) is 0 Å². The summed E-state index contributed by atoms with van der Waals surface area (Å²) in [5, 5.41) is 19.4. The monoisotopic (exact) mass is 244 g/mol. The Balaban J connectivity index is 4.59. The molecule has 0 aromatic carbocycles. The lowest BCUT2D eigenvalue weighted by molar-refractivity contribution is -0.142. The van der Waals surface area contributed by atoms with Crippen LogP contribution in [0.1, 0.15) is 48.0 Å². The van der Waals surface area contributed by atoms with Crippen molar-refractivity contribution in [3.63, 3.8) is 0 Å². The third-order valence-electron chi connectivity index (χ3n) is 2.69. The Morgan fingerprint density at radius 3 is 1.71 bits per heavy atom. The summed E-state index contributed by atoms with van der Waals surface area (Å²) in [5.74, 6) is -0.852. The standard InChI is InChI=1S/C13H24O4/c1-12(2,3)9(15)7-8(14)10(16)11(17)13(4,5)6/h10-11,16-17H,7H2,1-6H3. The summed E-state index contributed by atoms with van der Waals surface area (Å²) in [6.45, 7) is 10.3. The normalized spacial score (nSPS) is 16.5. The number of ketones is 2. The van der Waals surface area contributed by atoms with Crippen LogP contribution in [0.15, 0.2) is 0 Å². The van der Waals surface area contributed by atoms with E-state index in [-0.39, 0.29) is 12.2 Å². The lowest BCUT2D eigenvalue weighted by Gasteiger charge is -2.29. The first kappa shape index (κ1) is 16.3. The SMILES string of the molecule is CC(C)(C)C(=O)CC(=O)C(O)C(O)C(C)(C)C. The quantitative estimate of drug-likeness (QED) is 0.732. The van der Waals surface area contributed by atoms with Crippen LogP contribution in [0, 0.1) is 10.8 Å².